The van der Waals surface area contributed by atoms with Crippen LogP contribution in [0.4, 0.5) is 0 Å². The quantitative estimate of drug-likeness (QED) is 0.162. The Morgan fingerprint density at radius 3 is 1.02 bits per heavy atom. The zero-order valence-electron chi connectivity index (χ0n) is 33.0. The molecule has 1 spiro atoms. The molecule has 2 aliphatic rings. The molecule has 290 valence electrons. The molecule has 12 rings (SSSR count). The molecule has 4 aromatic carbocycles. The normalized spacial score (nSPS) is 12.8. The maximum absolute atomic E-state index is 6.71. The van der Waals surface area contributed by atoms with E-state index < -0.39 is 5.41 Å². The molecule has 0 bridgehead atoms. The van der Waals surface area contributed by atoms with Crippen LogP contribution in [0.15, 0.2) is 195 Å². The summed E-state index contributed by atoms with van der Waals surface area (Å²) < 4.78 is 6.71. The molecule has 0 radical (unpaired) electrons. The molecule has 9 nitrogen and oxygen atoms in total. The van der Waals surface area contributed by atoms with Crippen molar-refractivity contribution in [1.29, 1.82) is 0 Å². The van der Waals surface area contributed by atoms with Crippen molar-refractivity contribution in [3.05, 3.63) is 217 Å². The largest absolute Gasteiger partial charge is 0.457 e. The van der Waals surface area contributed by atoms with Crippen LogP contribution in [0, 0.1) is 0 Å². The second kappa shape index (κ2) is 14.3. The average Bonchev–Trinajstić information content (AvgIpc) is 3.64. The number of ether oxygens (including phenoxy) is 1. The summed E-state index contributed by atoms with van der Waals surface area (Å²) in [7, 11) is 0. The first-order chi connectivity index (χ1) is 30.7. The fraction of sp³-hybridized carbons (Fsp3) is 0.0189. The van der Waals surface area contributed by atoms with Gasteiger partial charge in [0.2, 0.25) is 0 Å². The van der Waals surface area contributed by atoms with Gasteiger partial charge in [-0.2, -0.15) is 0 Å². The Hall–Kier alpha value is -8.56. The lowest BCUT2D eigenvalue weighted by molar-refractivity contribution is 0.436. The van der Waals surface area contributed by atoms with Crippen molar-refractivity contribution in [2.75, 3.05) is 0 Å². The van der Waals surface area contributed by atoms with E-state index in [2.05, 4.69) is 92.7 Å². The van der Waals surface area contributed by atoms with Gasteiger partial charge in [0, 0.05) is 47.0 Å². The van der Waals surface area contributed by atoms with Gasteiger partial charge < -0.3 is 4.74 Å². The molecule has 7 heterocycles. The third-order valence-corrected chi connectivity index (χ3v) is 11.6. The van der Waals surface area contributed by atoms with Crippen LogP contribution in [-0.4, -0.2) is 39.9 Å². The standard InChI is InChI=1S/C53H32N8O/c1-3-19-49-37(13-1)53(38-14-2-4-20-50(38)62-49)39-29-33(51-58-45(41-15-5-9-25-54-41)31-46(59-51)42-16-6-10-26-55-42)21-23-35(39)36-24-22-34(30-40(36)53)52-60-47(43-17-7-11-27-56-43)32-48(61-52)44-18-8-12-28-57-44/h1-32H. The Balaban J connectivity index is 1.11. The van der Waals surface area contributed by atoms with Gasteiger partial charge >= 0.3 is 0 Å². The molecule has 0 unspecified atom stereocenters. The highest BCUT2D eigenvalue weighted by Crippen LogP contribution is 2.62. The lowest BCUT2D eigenvalue weighted by Gasteiger charge is -2.39. The number of rotatable bonds is 6. The highest BCUT2D eigenvalue weighted by molar-refractivity contribution is 5.91. The number of fused-ring (bicyclic) bond motifs is 9. The van der Waals surface area contributed by atoms with Crippen molar-refractivity contribution in [3.8, 4) is 91.0 Å². The van der Waals surface area contributed by atoms with E-state index in [1.54, 1.807) is 24.8 Å². The summed E-state index contributed by atoms with van der Waals surface area (Å²) in [4.78, 5) is 39.3. The van der Waals surface area contributed by atoms with Gasteiger partial charge in [0.05, 0.1) is 51.0 Å². The fourth-order valence-corrected chi connectivity index (χ4v) is 8.91. The number of benzene rings is 4. The first-order valence-electron chi connectivity index (χ1n) is 20.3. The van der Waals surface area contributed by atoms with Gasteiger partial charge in [-0.05, 0) is 107 Å². The van der Waals surface area contributed by atoms with Crippen molar-refractivity contribution < 1.29 is 4.74 Å². The molecule has 0 amide bonds. The van der Waals surface area contributed by atoms with Crippen LogP contribution in [0.3, 0.4) is 0 Å². The van der Waals surface area contributed by atoms with Gasteiger partial charge in [0.25, 0.3) is 0 Å². The topological polar surface area (TPSA) is 112 Å². The van der Waals surface area contributed by atoms with E-state index in [0.29, 0.717) is 34.4 Å². The number of hydrogen-bond donors (Lipinski definition) is 0. The molecule has 9 heteroatoms. The molecule has 1 aliphatic carbocycles. The smallest absolute Gasteiger partial charge is 0.160 e. The molecule has 62 heavy (non-hydrogen) atoms. The van der Waals surface area contributed by atoms with Crippen molar-refractivity contribution >= 4 is 0 Å². The van der Waals surface area contributed by atoms with Gasteiger partial charge in [0.15, 0.2) is 11.6 Å². The highest BCUT2D eigenvalue weighted by Gasteiger charge is 2.51. The number of nitrogens with zero attached hydrogens (tertiary/aromatic N) is 8. The second-order valence-corrected chi connectivity index (χ2v) is 15.1. The number of aromatic nitrogens is 8. The second-order valence-electron chi connectivity index (χ2n) is 15.1. The van der Waals surface area contributed by atoms with Crippen LogP contribution in [0.25, 0.3) is 79.5 Å². The van der Waals surface area contributed by atoms with Crippen LogP contribution in [0.2, 0.25) is 0 Å². The fourth-order valence-electron chi connectivity index (χ4n) is 8.91. The van der Waals surface area contributed by atoms with Gasteiger partial charge in [0.1, 0.15) is 11.5 Å². The predicted molar refractivity (Wildman–Crippen MR) is 239 cm³/mol. The van der Waals surface area contributed by atoms with E-state index in [1.165, 1.54) is 0 Å². The zero-order valence-corrected chi connectivity index (χ0v) is 33.0. The summed E-state index contributed by atoms with van der Waals surface area (Å²) in [6, 6.07) is 57.1. The molecule has 6 aromatic heterocycles. The summed E-state index contributed by atoms with van der Waals surface area (Å²) in [5.74, 6) is 2.72. The summed E-state index contributed by atoms with van der Waals surface area (Å²) >= 11 is 0. The van der Waals surface area contributed by atoms with E-state index in [4.69, 9.17) is 24.7 Å². The maximum Gasteiger partial charge on any atom is 0.160 e. The summed E-state index contributed by atoms with van der Waals surface area (Å²) in [6.45, 7) is 0. The van der Waals surface area contributed by atoms with Gasteiger partial charge in [-0.25, -0.2) is 19.9 Å². The monoisotopic (exact) mass is 796 g/mol. The number of para-hydroxylation sites is 2. The molecule has 0 saturated heterocycles. The molecule has 0 N–H and O–H groups in total. The van der Waals surface area contributed by atoms with E-state index >= 15 is 0 Å². The Morgan fingerprint density at radius 2 is 0.661 bits per heavy atom. The summed E-state index contributed by atoms with van der Waals surface area (Å²) in [6.07, 6.45) is 7.12. The molecular weight excluding hydrogens is 765 g/mol. The molecular formula is C53H32N8O. The zero-order chi connectivity index (χ0) is 41.0. The third kappa shape index (κ3) is 5.71. The average molecular weight is 797 g/mol. The number of pyridine rings is 4. The number of hydrogen-bond acceptors (Lipinski definition) is 9. The minimum absolute atomic E-state index is 0.568. The molecule has 0 saturated carbocycles. The Morgan fingerprint density at radius 1 is 0.306 bits per heavy atom. The molecule has 0 fully saturated rings. The van der Waals surface area contributed by atoms with E-state index in [9.17, 15) is 0 Å². The lowest BCUT2D eigenvalue weighted by Crippen LogP contribution is -2.32. The molecule has 1 aliphatic heterocycles. The van der Waals surface area contributed by atoms with Crippen LogP contribution in [0.1, 0.15) is 22.3 Å². The van der Waals surface area contributed by atoms with Crippen molar-refractivity contribution in [3.63, 3.8) is 0 Å². The van der Waals surface area contributed by atoms with Gasteiger partial charge in [-0.1, -0.05) is 84.9 Å². The molecule has 0 atom stereocenters. The maximum atomic E-state index is 6.71. The Kier molecular flexibility index (Phi) is 8.17. The van der Waals surface area contributed by atoms with Crippen LogP contribution in [0.5, 0.6) is 11.5 Å². The van der Waals surface area contributed by atoms with E-state index in [0.717, 1.165) is 78.8 Å². The van der Waals surface area contributed by atoms with Crippen LogP contribution < -0.4 is 4.74 Å². The van der Waals surface area contributed by atoms with Crippen molar-refractivity contribution in [1.82, 2.24) is 39.9 Å². The SMILES string of the molecule is c1ccc(-c2cc(-c3ccccn3)nc(-c3ccc4c(c3)C3(c5ccccc5Oc5ccccc53)c3cc(-c5nc(-c6ccccn6)cc(-c6ccccn6)n5)ccc3-4)n2)nc1. The minimum atomic E-state index is -0.799. The Bertz CT molecular complexity index is 2990. The third-order valence-electron chi connectivity index (χ3n) is 11.6. The van der Waals surface area contributed by atoms with Gasteiger partial charge in [-0.3, -0.25) is 19.9 Å². The van der Waals surface area contributed by atoms with Crippen LogP contribution in [-0.2, 0) is 5.41 Å². The highest BCUT2D eigenvalue weighted by atomic mass is 16.5. The summed E-state index contributed by atoms with van der Waals surface area (Å²) in [5.41, 5.74) is 13.2. The Labute approximate surface area is 356 Å². The molecule has 10 aromatic rings. The first-order valence-corrected chi connectivity index (χ1v) is 20.3. The van der Waals surface area contributed by atoms with Crippen molar-refractivity contribution in [2.45, 2.75) is 5.41 Å². The van der Waals surface area contributed by atoms with E-state index in [-0.39, 0.29) is 0 Å². The summed E-state index contributed by atoms with van der Waals surface area (Å²) in [5, 5.41) is 0. The van der Waals surface area contributed by atoms with E-state index in [1.807, 2.05) is 97.1 Å². The van der Waals surface area contributed by atoms with Crippen molar-refractivity contribution in [2.24, 2.45) is 0 Å². The lowest BCUT2D eigenvalue weighted by atomic mass is 9.65. The first kappa shape index (κ1) is 35.4. The van der Waals surface area contributed by atoms with Gasteiger partial charge in [-0.15, -0.1) is 0 Å². The van der Waals surface area contributed by atoms with Crippen LogP contribution >= 0.6 is 0 Å². The predicted octanol–water partition coefficient (Wildman–Crippen LogP) is 11.3. The minimum Gasteiger partial charge on any atom is -0.457 e.